The minimum atomic E-state index is -4.89. The summed E-state index contributed by atoms with van der Waals surface area (Å²) in [5.41, 5.74) is -2.25. The van der Waals surface area contributed by atoms with Crippen molar-refractivity contribution in [1.82, 2.24) is 4.90 Å². The number of carbonyl (C=O) groups excluding carboxylic acids is 1. The Kier molecular flexibility index (Phi) is 4.53. The van der Waals surface area contributed by atoms with Crippen molar-refractivity contribution in [1.29, 1.82) is 0 Å². The quantitative estimate of drug-likeness (QED) is 0.918. The summed E-state index contributed by atoms with van der Waals surface area (Å²) in [6, 6.07) is 6.57. The molecule has 126 valence electrons. The third kappa shape index (κ3) is 3.25. The Balaban J connectivity index is 2.08. The van der Waals surface area contributed by atoms with Crippen molar-refractivity contribution in [2.75, 3.05) is 20.2 Å². The molecule has 1 unspecified atom stereocenters. The molecule has 0 radical (unpaired) electrons. The highest BCUT2D eigenvalue weighted by Crippen LogP contribution is 2.45. The van der Waals surface area contributed by atoms with Gasteiger partial charge in [-0.05, 0) is 24.1 Å². The zero-order chi connectivity index (χ0) is 17.3. The molecule has 5 nitrogen and oxygen atoms in total. The van der Waals surface area contributed by atoms with Crippen molar-refractivity contribution in [3.63, 3.8) is 0 Å². The lowest BCUT2D eigenvalue weighted by atomic mass is 9.86. The zero-order valence-corrected chi connectivity index (χ0v) is 12.4. The molecule has 1 atom stereocenters. The maximum Gasteiger partial charge on any atom is 0.406 e. The van der Waals surface area contributed by atoms with E-state index in [1.54, 1.807) is 24.3 Å². The molecule has 1 fully saturated rings. The summed E-state index contributed by atoms with van der Waals surface area (Å²) < 4.78 is 44.2. The predicted molar refractivity (Wildman–Crippen MR) is 74.0 cm³/mol. The van der Waals surface area contributed by atoms with E-state index >= 15 is 0 Å². The molecule has 0 aliphatic carbocycles. The smallest absolute Gasteiger partial charge is 0.406 e. The van der Waals surface area contributed by atoms with Crippen LogP contribution in [0.3, 0.4) is 0 Å². The minimum Gasteiger partial charge on any atom is -0.497 e. The average Bonchev–Trinajstić information content (AvgIpc) is 2.94. The van der Waals surface area contributed by atoms with Gasteiger partial charge in [-0.3, -0.25) is 9.59 Å². The van der Waals surface area contributed by atoms with Crippen LogP contribution in [0.2, 0.25) is 0 Å². The van der Waals surface area contributed by atoms with Gasteiger partial charge in [0.2, 0.25) is 5.91 Å². The largest absolute Gasteiger partial charge is 0.497 e. The molecule has 1 aliphatic rings. The highest BCUT2D eigenvalue weighted by molar-refractivity contribution is 5.82. The zero-order valence-electron chi connectivity index (χ0n) is 12.4. The van der Waals surface area contributed by atoms with Crippen molar-refractivity contribution in [2.24, 2.45) is 5.41 Å². The molecule has 1 saturated heterocycles. The SMILES string of the molecule is COc1ccc(CC(=O)N2CCC(C(=O)O)(C(F)(F)F)C2)cc1. The Hall–Kier alpha value is -2.25. The van der Waals surface area contributed by atoms with Gasteiger partial charge >= 0.3 is 12.1 Å². The molecule has 0 spiro atoms. The first-order chi connectivity index (χ1) is 10.7. The van der Waals surface area contributed by atoms with Crippen LogP contribution in [0.1, 0.15) is 12.0 Å². The van der Waals surface area contributed by atoms with Crippen LogP contribution in [0.15, 0.2) is 24.3 Å². The van der Waals surface area contributed by atoms with Gasteiger partial charge in [-0.1, -0.05) is 12.1 Å². The van der Waals surface area contributed by atoms with E-state index in [1.165, 1.54) is 7.11 Å². The van der Waals surface area contributed by atoms with Crippen molar-refractivity contribution >= 4 is 11.9 Å². The number of hydrogen-bond acceptors (Lipinski definition) is 3. The summed E-state index contributed by atoms with van der Waals surface area (Å²) in [6.45, 7) is -1.07. The molecule has 23 heavy (non-hydrogen) atoms. The van der Waals surface area contributed by atoms with Crippen molar-refractivity contribution in [2.45, 2.75) is 19.0 Å². The number of carboxylic acid groups (broad SMARTS) is 1. The molecule has 1 heterocycles. The fraction of sp³-hybridized carbons (Fsp3) is 0.467. The van der Waals surface area contributed by atoms with E-state index in [0.717, 1.165) is 4.90 Å². The lowest BCUT2D eigenvalue weighted by molar-refractivity contribution is -0.227. The number of aliphatic carboxylic acids is 1. The summed E-state index contributed by atoms with van der Waals surface area (Å²) in [7, 11) is 1.49. The van der Waals surface area contributed by atoms with Gasteiger partial charge in [0, 0.05) is 13.1 Å². The van der Waals surface area contributed by atoms with E-state index < -0.39 is 36.4 Å². The second-order valence-corrected chi connectivity index (χ2v) is 5.48. The number of carboxylic acids is 1. The fourth-order valence-electron chi connectivity index (χ4n) is 2.58. The normalized spacial score (nSPS) is 21.3. The van der Waals surface area contributed by atoms with E-state index in [2.05, 4.69) is 0 Å². The molecule has 0 saturated carbocycles. The Morgan fingerprint density at radius 1 is 1.30 bits per heavy atom. The average molecular weight is 331 g/mol. The lowest BCUT2D eigenvalue weighted by Gasteiger charge is -2.27. The van der Waals surface area contributed by atoms with Crippen LogP contribution in [-0.4, -0.2) is 48.3 Å². The third-order valence-corrected chi connectivity index (χ3v) is 4.09. The van der Waals surface area contributed by atoms with Gasteiger partial charge in [0.15, 0.2) is 5.41 Å². The molecule has 8 heteroatoms. The first kappa shape index (κ1) is 17.1. The summed E-state index contributed by atoms with van der Waals surface area (Å²) in [6.07, 6.45) is -5.61. The van der Waals surface area contributed by atoms with Crippen LogP contribution in [0.4, 0.5) is 13.2 Å². The van der Waals surface area contributed by atoms with Crippen LogP contribution in [0.25, 0.3) is 0 Å². The summed E-state index contributed by atoms with van der Waals surface area (Å²) >= 11 is 0. The third-order valence-electron chi connectivity index (χ3n) is 4.09. The number of halogens is 3. The number of carbonyl (C=O) groups is 2. The Labute approximate surface area is 130 Å². The number of rotatable bonds is 4. The molecular formula is C15H16F3NO4. The number of benzene rings is 1. The van der Waals surface area contributed by atoms with E-state index in [0.29, 0.717) is 11.3 Å². The second kappa shape index (κ2) is 6.10. The topological polar surface area (TPSA) is 66.8 Å². The molecule has 0 bridgehead atoms. The highest BCUT2D eigenvalue weighted by Gasteiger charge is 2.64. The number of alkyl halides is 3. The van der Waals surface area contributed by atoms with Crippen LogP contribution in [0.5, 0.6) is 5.75 Å². The Morgan fingerprint density at radius 2 is 1.91 bits per heavy atom. The molecule has 1 aromatic carbocycles. The van der Waals surface area contributed by atoms with Crippen LogP contribution in [0, 0.1) is 5.41 Å². The number of hydrogen-bond donors (Lipinski definition) is 1. The van der Waals surface area contributed by atoms with Gasteiger partial charge in [0.05, 0.1) is 13.5 Å². The second-order valence-electron chi connectivity index (χ2n) is 5.48. The van der Waals surface area contributed by atoms with E-state index in [4.69, 9.17) is 9.84 Å². The van der Waals surface area contributed by atoms with Gasteiger partial charge in [0.1, 0.15) is 5.75 Å². The van der Waals surface area contributed by atoms with E-state index in [-0.39, 0.29) is 13.0 Å². The van der Waals surface area contributed by atoms with Crippen LogP contribution < -0.4 is 4.74 Å². The monoisotopic (exact) mass is 331 g/mol. The lowest BCUT2D eigenvalue weighted by Crippen LogP contribution is -2.47. The van der Waals surface area contributed by atoms with Crippen molar-refractivity contribution in [3.8, 4) is 5.75 Å². The van der Waals surface area contributed by atoms with Gasteiger partial charge in [0.25, 0.3) is 0 Å². The molecule has 1 amide bonds. The molecule has 1 N–H and O–H groups in total. The summed E-state index contributed by atoms with van der Waals surface area (Å²) in [5, 5.41) is 8.97. The van der Waals surface area contributed by atoms with Crippen LogP contribution in [-0.2, 0) is 16.0 Å². The fourth-order valence-corrected chi connectivity index (χ4v) is 2.58. The summed E-state index contributed by atoms with van der Waals surface area (Å²) in [5.74, 6) is -1.86. The van der Waals surface area contributed by atoms with Gasteiger partial charge in [-0.25, -0.2) is 0 Å². The van der Waals surface area contributed by atoms with Crippen molar-refractivity contribution < 1.29 is 32.6 Å². The van der Waals surface area contributed by atoms with Gasteiger partial charge < -0.3 is 14.7 Å². The predicted octanol–water partition coefficient (Wildman–Crippen LogP) is 2.10. The number of nitrogens with zero attached hydrogens (tertiary/aromatic N) is 1. The molecule has 0 aromatic heterocycles. The number of amides is 1. The molecule has 2 rings (SSSR count). The van der Waals surface area contributed by atoms with Gasteiger partial charge in [-0.2, -0.15) is 13.2 Å². The van der Waals surface area contributed by atoms with E-state index in [1.807, 2.05) is 0 Å². The summed E-state index contributed by atoms with van der Waals surface area (Å²) in [4.78, 5) is 24.2. The Morgan fingerprint density at radius 3 is 2.35 bits per heavy atom. The van der Waals surface area contributed by atoms with Gasteiger partial charge in [-0.15, -0.1) is 0 Å². The highest BCUT2D eigenvalue weighted by atomic mass is 19.4. The maximum atomic E-state index is 13.1. The van der Waals surface area contributed by atoms with Crippen LogP contribution >= 0.6 is 0 Å². The number of likely N-dealkylation sites (tertiary alicyclic amines) is 1. The Bertz CT molecular complexity index is 600. The van der Waals surface area contributed by atoms with Crippen molar-refractivity contribution in [3.05, 3.63) is 29.8 Å². The number of methoxy groups -OCH3 is 1. The first-order valence-electron chi connectivity index (χ1n) is 6.90. The maximum absolute atomic E-state index is 13.1. The molecule has 1 aromatic rings. The number of ether oxygens (including phenoxy) is 1. The minimum absolute atomic E-state index is 0.0858. The van der Waals surface area contributed by atoms with E-state index in [9.17, 15) is 22.8 Å². The first-order valence-corrected chi connectivity index (χ1v) is 6.90. The molecule has 1 aliphatic heterocycles. The molecular weight excluding hydrogens is 315 g/mol. The standard InChI is InChI=1S/C15H16F3NO4/c1-23-11-4-2-10(3-5-11)8-12(20)19-7-6-14(9-19,13(21)22)15(16,17)18/h2-5H,6-9H2,1H3,(H,21,22).